The van der Waals surface area contributed by atoms with Gasteiger partial charge in [0.25, 0.3) is 0 Å². The smallest absolute Gasteiger partial charge is 0.335 e. The van der Waals surface area contributed by atoms with Crippen molar-refractivity contribution < 1.29 is 24.5 Å². The summed E-state index contributed by atoms with van der Waals surface area (Å²) in [6.07, 6.45) is 4.83. The topological polar surface area (TPSA) is 125 Å². The quantitative estimate of drug-likeness (QED) is 0.320. The summed E-state index contributed by atoms with van der Waals surface area (Å²) in [5.74, 6) is -1.88. The van der Waals surface area contributed by atoms with Crippen molar-refractivity contribution in [2.45, 2.75) is 51.0 Å². The van der Waals surface area contributed by atoms with Crippen molar-refractivity contribution in [1.29, 1.82) is 5.26 Å². The van der Waals surface area contributed by atoms with E-state index >= 15 is 0 Å². The number of ether oxygens (including phenoxy) is 1. The third-order valence-corrected chi connectivity index (χ3v) is 7.21. The highest BCUT2D eigenvalue weighted by Crippen LogP contribution is 2.45. The van der Waals surface area contributed by atoms with Crippen LogP contribution in [0, 0.1) is 17.2 Å². The zero-order chi connectivity index (χ0) is 27.1. The molecule has 3 aromatic rings. The normalized spacial score (nSPS) is 18.1. The summed E-state index contributed by atoms with van der Waals surface area (Å²) in [6, 6.07) is 20.6. The summed E-state index contributed by atoms with van der Waals surface area (Å²) in [6.45, 7) is 2.65. The number of rotatable bonds is 12. The summed E-state index contributed by atoms with van der Waals surface area (Å²) in [5, 5.41) is 32.7. The van der Waals surface area contributed by atoms with E-state index in [4.69, 9.17) is 14.9 Å². The minimum absolute atomic E-state index is 0.0910. The summed E-state index contributed by atoms with van der Waals surface area (Å²) >= 11 is 0. The number of carboxylic acids is 2. The summed E-state index contributed by atoms with van der Waals surface area (Å²) < 4.78 is 8.32. The van der Waals surface area contributed by atoms with E-state index in [1.54, 1.807) is 30.3 Å². The van der Waals surface area contributed by atoms with Gasteiger partial charge in [0, 0.05) is 24.2 Å². The molecule has 0 amide bonds. The zero-order valence-electron chi connectivity index (χ0n) is 21.3. The fourth-order valence-electron chi connectivity index (χ4n) is 5.20. The van der Waals surface area contributed by atoms with Gasteiger partial charge in [-0.05, 0) is 66.8 Å². The predicted octanol–water partition coefficient (Wildman–Crippen LogP) is 5.23. The highest BCUT2D eigenvalue weighted by molar-refractivity contribution is 5.87. The van der Waals surface area contributed by atoms with Crippen LogP contribution in [0.5, 0.6) is 0 Å². The summed E-state index contributed by atoms with van der Waals surface area (Å²) in [4.78, 5) is 22.3. The van der Waals surface area contributed by atoms with Crippen LogP contribution in [-0.4, -0.2) is 39.6 Å². The van der Waals surface area contributed by atoms with Crippen LogP contribution in [0.1, 0.15) is 71.0 Å². The minimum atomic E-state index is -0.978. The molecule has 0 saturated carbocycles. The maximum Gasteiger partial charge on any atom is 0.335 e. The maximum atomic E-state index is 11.2. The molecule has 38 heavy (non-hydrogen) atoms. The first-order valence-corrected chi connectivity index (χ1v) is 12.8. The van der Waals surface area contributed by atoms with Gasteiger partial charge in [0.2, 0.25) is 0 Å². The molecule has 0 saturated heterocycles. The molecule has 2 aromatic carbocycles. The standard InChI is InChI=1S/C30H31N3O5/c1-2-26-14-15-27-30(24-8-5-6-22(16-24)17-31,20-38-19-21-10-12-23(13-11-21)29(36)37)25(18-32-33(26)27)7-3-4-9-28(34)35/h5-6,8,10-16,18,25H,2-4,7,9,19-20H2,1H3,(H,34,35)(H,36,37). The number of carbonyl (C=O) groups is 2. The molecule has 1 aromatic heterocycles. The molecule has 8 heteroatoms. The SMILES string of the molecule is CCc1ccc2n1N=CC(CCCCC(=O)O)C2(COCc1ccc(C(=O)O)cc1)c1cccc(C#N)c1. The minimum Gasteiger partial charge on any atom is -0.481 e. The van der Waals surface area contributed by atoms with Gasteiger partial charge in [-0.2, -0.15) is 10.4 Å². The predicted molar refractivity (Wildman–Crippen MR) is 142 cm³/mol. The lowest BCUT2D eigenvalue weighted by Gasteiger charge is -2.42. The van der Waals surface area contributed by atoms with Crippen molar-refractivity contribution in [1.82, 2.24) is 4.68 Å². The van der Waals surface area contributed by atoms with Gasteiger partial charge in [0.15, 0.2) is 0 Å². The molecule has 1 aliphatic rings. The largest absolute Gasteiger partial charge is 0.481 e. The Morgan fingerprint density at radius 2 is 1.89 bits per heavy atom. The van der Waals surface area contributed by atoms with Gasteiger partial charge in [-0.15, -0.1) is 0 Å². The average molecular weight is 514 g/mol. The Hall–Kier alpha value is -4.22. The Labute approximate surface area is 221 Å². The van der Waals surface area contributed by atoms with Gasteiger partial charge >= 0.3 is 11.9 Å². The monoisotopic (exact) mass is 513 g/mol. The van der Waals surface area contributed by atoms with Crippen molar-refractivity contribution in [2.24, 2.45) is 11.0 Å². The number of nitrogens with zero attached hydrogens (tertiary/aromatic N) is 3. The molecule has 0 fully saturated rings. The van der Waals surface area contributed by atoms with Crippen LogP contribution >= 0.6 is 0 Å². The molecule has 2 N–H and O–H groups in total. The number of aromatic nitrogens is 1. The number of hydrogen-bond acceptors (Lipinski definition) is 5. The molecule has 4 rings (SSSR count). The molecule has 196 valence electrons. The molecular formula is C30H31N3O5. The van der Waals surface area contributed by atoms with Crippen LogP contribution in [0.3, 0.4) is 0 Å². The number of unbranched alkanes of at least 4 members (excludes halogenated alkanes) is 1. The number of aliphatic carboxylic acids is 1. The molecule has 1 aliphatic heterocycles. The Bertz CT molecular complexity index is 1370. The highest BCUT2D eigenvalue weighted by Gasteiger charge is 2.46. The van der Waals surface area contributed by atoms with Crippen LogP contribution in [0.25, 0.3) is 0 Å². The van der Waals surface area contributed by atoms with Crippen LogP contribution in [-0.2, 0) is 28.0 Å². The van der Waals surface area contributed by atoms with E-state index in [2.05, 4.69) is 25.1 Å². The van der Waals surface area contributed by atoms with Crippen LogP contribution in [0.15, 0.2) is 65.8 Å². The van der Waals surface area contributed by atoms with Crippen LogP contribution < -0.4 is 0 Å². The lowest BCUT2D eigenvalue weighted by atomic mass is 9.66. The van der Waals surface area contributed by atoms with Gasteiger partial charge in [-0.25, -0.2) is 9.47 Å². The molecule has 0 bridgehead atoms. The lowest BCUT2D eigenvalue weighted by molar-refractivity contribution is -0.137. The number of fused-ring (bicyclic) bond motifs is 1. The summed E-state index contributed by atoms with van der Waals surface area (Å²) in [7, 11) is 0. The molecular weight excluding hydrogens is 482 g/mol. The highest BCUT2D eigenvalue weighted by atomic mass is 16.5. The Kier molecular flexibility index (Phi) is 8.39. The molecule has 2 unspecified atom stereocenters. The zero-order valence-corrected chi connectivity index (χ0v) is 21.3. The third kappa shape index (κ3) is 5.53. The molecule has 2 heterocycles. The second kappa shape index (κ2) is 11.9. The van der Waals surface area contributed by atoms with E-state index in [1.807, 2.05) is 29.1 Å². The maximum absolute atomic E-state index is 11.2. The lowest BCUT2D eigenvalue weighted by Crippen LogP contribution is -2.45. The van der Waals surface area contributed by atoms with E-state index in [9.17, 15) is 20.0 Å². The number of hydrogen-bond donors (Lipinski definition) is 2. The van der Waals surface area contributed by atoms with E-state index in [1.165, 1.54) is 0 Å². The number of aromatic carboxylic acids is 1. The number of carboxylic acid groups (broad SMARTS) is 2. The Morgan fingerprint density at radius 1 is 1.11 bits per heavy atom. The van der Waals surface area contributed by atoms with E-state index in [-0.39, 0.29) is 24.5 Å². The third-order valence-electron chi connectivity index (χ3n) is 7.21. The number of benzene rings is 2. The van der Waals surface area contributed by atoms with E-state index in [0.29, 0.717) is 31.4 Å². The molecule has 0 aliphatic carbocycles. The first-order chi connectivity index (χ1) is 18.4. The van der Waals surface area contributed by atoms with E-state index in [0.717, 1.165) is 28.9 Å². The molecule has 0 spiro atoms. The van der Waals surface area contributed by atoms with Crippen molar-refractivity contribution in [3.63, 3.8) is 0 Å². The fourth-order valence-corrected chi connectivity index (χ4v) is 5.20. The Balaban J connectivity index is 1.72. The van der Waals surface area contributed by atoms with Crippen LogP contribution in [0.2, 0.25) is 0 Å². The van der Waals surface area contributed by atoms with Crippen molar-refractivity contribution in [3.8, 4) is 6.07 Å². The van der Waals surface area contributed by atoms with Crippen molar-refractivity contribution >= 4 is 18.2 Å². The molecule has 8 nitrogen and oxygen atoms in total. The first kappa shape index (κ1) is 26.8. The van der Waals surface area contributed by atoms with Gasteiger partial charge in [-0.1, -0.05) is 37.6 Å². The van der Waals surface area contributed by atoms with Crippen LogP contribution in [0.4, 0.5) is 0 Å². The molecule has 2 atom stereocenters. The second-order valence-electron chi connectivity index (χ2n) is 9.54. The van der Waals surface area contributed by atoms with Crippen molar-refractivity contribution in [3.05, 3.63) is 94.3 Å². The number of aryl methyl sites for hydroxylation is 1. The first-order valence-electron chi connectivity index (χ1n) is 12.8. The molecule has 0 radical (unpaired) electrons. The average Bonchev–Trinajstić information content (AvgIpc) is 3.36. The van der Waals surface area contributed by atoms with E-state index < -0.39 is 17.4 Å². The summed E-state index contributed by atoms with van der Waals surface area (Å²) in [5.41, 5.74) is 3.92. The number of nitriles is 1. The van der Waals surface area contributed by atoms with Gasteiger partial charge < -0.3 is 14.9 Å². The Morgan fingerprint density at radius 3 is 2.58 bits per heavy atom. The van der Waals surface area contributed by atoms with Gasteiger partial charge in [-0.3, -0.25) is 4.79 Å². The van der Waals surface area contributed by atoms with Gasteiger partial charge in [0.05, 0.1) is 41.5 Å². The second-order valence-corrected chi connectivity index (χ2v) is 9.54. The van der Waals surface area contributed by atoms with Gasteiger partial charge in [0.1, 0.15) is 0 Å². The fraction of sp³-hybridized carbons (Fsp3) is 0.333. The van der Waals surface area contributed by atoms with Crippen molar-refractivity contribution in [2.75, 3.05) is 6.61 Å².